The fraction of sp³-hybridized carbons (Fsp3) is 0.600. The van der Waals surface area contributed by atoms with Crippen LogP contribution < -0.4 is 10.6 Å². The van der Waals surface area contributed by atoms with Gasteiger partial charge in [-0.2, -0.15) is 0 Å². The van der Waals surface area contributed by atoms with Crippen molar-refractivity contribution < 1.29 is 9.59 Å². The van der Waals surface area contributed by atoms with Gasteiger partial charge in [0.25, 0.3) is 0 Å². The zero-order chi connectivity index (χ0) is 18.1. The molecule has 0 bridgehead atoms. The van der Waals surface area contributed by atoms with Crippen molar-refractivity contribution in [2.75, 3.05) is 13.1 Å². The molecule has 0 saturated carbocycles. The highest BCUT2D eigenvalue weighted by Crippen LogP contribution is 2.14. The second kappa shape index (κ2) is 10.1. The lowest BCUT2D eigenvalue weighted by Gasteiger charge is -2.31. The Kier molecular flexibility index (Phi) is 7.76. The van der Waals surface area contributed by atoms with Crippen LogP contribution >= 0.6 is 0 Å². The number of urea groups is 1. The topological polar surface area (TPSA) is 61.4 Å². The molecule has 0 radical (unpaired) electrons. The van der Waals surface area contributed by atoms with Crippen molar-refractivity contribution in [2.24, 2.45) is 5.92 Å². The third-order valence-electron chi connectivity index (χ3n) is 4.68. The highest BCUT2D eigenvalue weighted by atomic mass is 16.2. The Bertz CT molecular complexity index is 537. The lowest BCUT2D eigenvalue weighted by atomic mass is 10.0. The molecule has 3 amide bonds. The summed E-state index contributed by atoms with van der Waals surface area (Å²) in [4.78, 5) is 27.1. The van der Waals surface area contributed by atoms with E-state index in [1.54, 1.807) is 0 Å². The Hall–Kier alpha value is -2.04. The minimum atomic E-state index is -0.477. The summed E-state index contributed by atoms with van der Waals surface area (Å²) in [6, 6.07) is 8.99. The zero-order valence-corrected chi connectivity index (χ0v) is 15.5. The van der Waals surface area contributed by atoms with E-state index in [-0.39, 0.29) is 17.9 Å². The van der Waals surface area contributed by atoms with Gasteiger partial charge in [-0.15, -0.1) is 0 Å². The van der Waals surface area contributed by atoms with Crippen LogP contribution in [-0.4, -0.2) is 36.0 Å². The molecule has 0 aromatic heterocycles. The van der Waals surface area contributed by atoms with E-state index in [2.05, 4.69) is 10.6 Å². The number of nitrogens with zero attached hydrogens (tertiary/aromatic N) is 1. The average molecular weight is 345 g/mol. The summed E-state index contributed by atoms with van der Waals surface area (Å²) in [6.45, 7) is 6.01. The van der Waals surface area contributed by atoms with E-state index < -0.39 is 6.04 Å². The molecule has 2 rings (SSSR count). The number of rotatable bonds is 5. The van der Waals surface area contributed by atoms with Gasteiger partial charge in [0.1, 0.15) is 6.04 Å². The van der Waals surface area contributed by atoms with Crippen LogP contribution in [0.5, 0.6) is 0 Å². The Morgan fingerprint density at radius 2 is 1.60 bits per heavy atom. The van der Waals surface area contributed by atoms with Crippen LogP contribution in [0.3, 0.4) is 0 Å². The van der Waals surface area contributed by atoms with Crippen LogP contribution in [0.2, 0.25) is 0 Å². The number of carbonyl (C=O) groups is 2. The number of likely N-dealkylation sites (tertiary alicyclic amines) is 1. The lowest BCUT2D eigenvalue weighted by Crippen LogP contribution is -2.54. The zero-order valence-electron chi connectivity index (χ0n) is 15.5. The molecule has 0 unspecified atom stereocenters. The molecule has 1 aromatic carbocycles. The molecule has 2 N–H and O–H groups in total. The van der Waals surface area contributed by atoms with E-state index in [0.29, 0.717) is 6.54 Å². The van der Waals surface area contributed by atoms with Crippen LogP contribution in [0.1, 0.15) is 51.5 Å². The van der Waals surface area contributed by atoms with Gasteiger partial charge in [-0.1, -0.05) is 63.4 Å². The Morgan fingerprint density at radius 3 is 2.20 bits per heavy atom. The maximum absolute atomic E-state index is 12.9. The third kappa shape index (κ3) is 6.40. The molecule has 1 heterocycles. The van der Waals surface area contributed by atoms with Crippen molar-refractivity contribution in [1.82, 2.24) is 15.5 Å². The third-order valence-corrected chi connectivity index (χ3v) is 4.68. The van der Waals surface area contributed by atoms with Gasteiger partial charge in [0.2, 0.25) is 5.91 Å². The van der Waals surface area contributed by atoms with Crippen LogP contribution in [0.4, 0.5) is 4.79 Å². The van der Waals surface area contributed by atoms with Gasteiger partial charge < -0.3 is 15.5 Å². The number of benzene rings is 1. The summed E-state index contributed by atoms with van der Waals surface area (Å²) in [5.74, 6) is 0.104. The van der Waals surface area contributed by atoms with Crippen molar-refractivity contribution in [2.45, 2.75) is 58.5 Å². The van der Waals surface area contributed by atoms with Crippen molar-refractivity contribution in [3.63, 3.8) is 0 Å². The van der Waals surface area contributed by atoms with E-state index in [9.17, 15) is 9.59 Å². The number of amides is 3. The van der Waals surface area contributed by atoms with E-state index in [1.165, 1.54) is 19.3 Å². The summed E-state index contributed by atoms with van der Waals surface area (Å²) in [6.07, 6.45) is 5.73. The van der Waals surface area contributed by atoms with Gasteiger partial charge in [-0.05, 0) is 24.3 Å². The van der Waals surface area contributed by atoms with Gasteiger partial charge in [-0.3, -0.25) is 4.79 Å². The molecule has 5 heteroatoms. The smallest absolute Gasteiger partial charge is 0.315 e. The van der Waals surface area contributed by atoms with E-state index >= 15 is 0 Å². The van der Waals surface area contributed by atoms with Gasteiger partial charge in [0, 0.05) is 19.6 Å². The normalized spacial score (nSPS) is 16.7. The Labute approximate surface area is 151 Å². The molecule has 5 nitrogen and oxygen atoms in total. The standard InChI is InChI=1S/C20H31N3O2/c1-16(2)18(19(24)23-13-9-4-3-5-10-14-23)22-20(25)21-15-17-11-7-6-8-12-17/h6-8,11-12,16,18H,3-5,9-10,13-15H2,1-2H3,(H2,21,22,25)/t18-/m0/s1. The molecule has 1 saturated heterocycles. The first-order chi connectivity index (χ1) is 12.1. The van der Waals surface area contributed by atoms with E-state index in [4.69, 9.17) is 0 Å². The molecular weight excluding hydrogens is 314 g/mol. The van der Waals surface area contributed by atoms with Crippen molar-refractivity contribution in [1.29, 1.82) is 0 Å². The molecule has 0 spiro atoms. The second-order valence-electron chi connectivity index (χ2n) is 7.13. The van der Waals surface area contributed by atoms with Crippen molar-refractivity contribution in [3.05, 3.63) is 35.9 Å². The average Bonchev–Trinajstić information content (AvgIpc) is 2.58. The van der Waals surface area contributed by atoms with Crippen LogP contribution in [-0.2, 0) is 11.3 Å². The predicted octanol–water partition coefficient (Wildman–Crippen LogP) is 3.30. The number of nitrogens with one attached hydrogen (secondary N) is 2. The largest absolute Gasteiger partial charge is 0.341 e. The molecule has 1 aromatic rings. The minimum absolute atomic E-state index is 0.0479. The van der Waals surface area contributed by atoms with E-state index in [0.717, 1.165) is 31.5 Å². The first-order valence-electron chi connectivity index (χ1n) is 9.45. The van der Waals surface area contributed by atoms with Crippen molar-refractivity contribution >= 4 is 11.9 Å². The van der Waals surface area contributed by atoms with Crippen LogP contribution in [0, 0.1) is 5.92 Å². The Balaban J connectivity index is 1.89. The summed E-state index contributed by atoms with van der Waals surface area (Å²) in [7, 11) is 0. The van der Waals surface area contributed by atoms with Crippen molar-refractivity contribution in [3.8, 4) is 0 Å². The van der Waals surface area contributed by atoms with E-state index in [1.807, 2.05) is 49.1 Å². The highest BCUT2D eigenvalue weighted by Gasteiger charge is 2.28. The fourth-order valence-corrected chi connectivity index (χ4v) is 3.15. The number of hydrogen-bond donors (Lipinski definition) is 2. The molecule has 138 valence electrons. The van der Waals surface area contributed by atoms with Gasteiger partial charge in [0.05, 0.1) is 0 Å². The maximum atomic E-state index is 12.9. The number of carbonyl (C=O) groups excluding carboxylic acids is 2. The fourth-order valence-electron chi connectivity index (χ4n) is 3.15. The second-order valence-corrected chi connectivity index (χ2v) is 7.13. The predicted molar refractivity (Wildman–Crippen MR) is 100 cm³/mol. The highest BCUT2D eigenvalue weighted by molar-refractivity contribution is 5.87. The molecule has 1 aliphatic rings. The minimum Gasteiger partial charge on any atom is -0.341 e. The molecular formula is C20H31N3O2. The van der Waals surface area contributed by atoms with Crippen LogP contribution in [0.25, 0.3) is 0 Å². The quantitative estimate of drug-likeness (QED) is 0.860. The van der Waals surface area contributed by atoms with Crippen LogP contribution in [0.15, 0.2) is 30.3 Å². The first-order valence-corrected chi connectivity index (χ1v) is 9.45. The SMILES string of the molecule is CC(C)[C@H](NC(=O)NCc1ccccc1)C(=O)N1CCCCCCC1. The summed E-state index contributed by atoms with van der Waals surface area (Å²) in [5, 5.41) is 5.72. The molecule has 1 aliphatic heterocycles. The summed E-state index contributed by atoms with van der Waals surface area (Å²) >= 11 is 0. The summed E-state index contributed by atoms with van der Waals surface area (Å²) in [5.41, 5.74) is 1.04. The Morgan fingerprint density at radius 1 is 1.00 bits per heavy atom. The number of hydrogen-bond acceptors (Lipinski definition) is 2. The van der Waals surface area contributed by atoms with Gasteiger partial charge in [0.15, 0.2) is 0 Å². The van der Waals surface area contributed by atoms with Gasteiger partial charge in [-0.25, -0.2) is 4.79 Å². The lowest BCUT2D eigenvalue weighted by molar-refractivity contribution is -0.134. The molecule has 25 heavy (non-hydrogen) atoms. The monoisotopic (exact) mass is 345 g/mol. The molecule has 1 atom stereocenters. The summed E-state index contributed by atoms with van der Waals surface area (Å²) < 4.78 is 0. The molecule has 1 fully saturated rings. The maximum Gasteiger partial charge on any atom is 0.315 e. The molecule has 0 aliphatic carbocycles. The van der Waals surface area contributed by atoms with Gasteiger partial charge >= 0.3 is 6.03 Å². The first kappa shape index (κ1) is 19.3.